The van der Waals surface area contributed by atoms with E-state index in [4.69, 9.17) is 14.2 Å². The Morgan fingerprint density at radius 1 is 0.706 bits per heavy atom. The van der Waals surface area contributed by atoms with Crippen LogP contribution >= 0.6 is 0 Å². The Kier molecular flexibility index (Phi) is 13.2. The zero-order valence-corrected chi connectivity index (χ0v) is 20.6. The van der Waals surface area contributed by atoms with Crippen LogP contribution in [0.5, 0.6) is 11.5 Å². The first kappa shape index (κ1) is 27.2. The summed E-state index contributed by atoms with van der Waals surface area (Å²) in [4.78, 5) is 24.2. The first-order valence-electron chi connectivity index (χ1n) is 12.5. The summed E-state index contributed by atoms with van der Waals surface area (Å²) >= 11 is 0. The largest absolute Gasteiger partial charge is 0.494 e. The monoisotopic (exact) mass is 466 g/mol. The highest BCUT2D eigenvalue weighted by Gasteiger charge is 2.07. The molecular weight excluding hydrogens is 428 g/mol. The van der Waals surface area contributed by atoms with Gasteiger partial charge in [0.15, 0.2) is 0 Å². The van der Waals surface area contributed by atoms with E-state index in [0.717, 1.165) is 30.6 Å². The lowest BCUT2D eigenvalue weighted by atomic mass is 10.1. The van der Waals surface area contributed by atoms with Gasteiger partial charge in [-0.2, -0.15) is 0 Å². The van der Waals surface area contributed by atoms with E-state index in [1.807, 2.05) is 0 Å². The van der Waals surface area contributed by atoms with Crippen molar-refractivity contribution in [1.29, 1.82) is 0 Å². The normalized spacial score (nSPS) is 10.9. The van der Waals surface area contributed by atoms with Crippen molar-refractivity contribution in [1.82, 2.24) is 0 Å². The predicted molar refractivity (Wildman–Crippen MR) is 136 cm³/mol. The van der Waals surface area contributed by atoms with Crippen LogP contribution in [0.15, 0.2) is 54.6 Å². The van der Waals surface area contributed by atoms with Gasteiger partial charge < -0.3 is 14.2 Å². The minimum absolute atomic E-state index is 0.321. The van der Waals surface area contributed by atoms with Crippen LogP contribution in [0.2, 0.25) is 0 Å². The molecular formula is C29H38O5. The fourth-order valence-electron chi connectivity index (χ4n) is 3.32. The van der Waals surface area contributed by atoms with Gasteiger partial charge in [-0.1, -0.05) is 70.9 Å². The molecule has 0 unspecified atom stereocenters. The smallest absolute Gasteiger partial charge is 0.338 e. The lowest BCUT2D eigenvalue weighted by Gasteiger charge is -2.07. The summed E-state index contributed by atoms with van der Waals surface area (Å²) in [7, 11) is 0. The van der Waals surface area contributed by atoms with Gasteiger partial charge in [0.1, 0.15) is 11.5 Å². The van der Waals surface area contributed by atoms with Gasteiger partial charge in [-0.3, -0.25) is 0 Å². The number of hydrogen-bond donors (Lipinski definition) is 0. The van der Waals surface area contributed by atoms with Gasteiger partial charge in [0, 0.05) is 6.08 Å². The Morgan fingerprint density at radius 3 is 1.97 bits per heavy atom. The molecule has 2 rings (SSSR count). The number of esters is 2. The highest BCUT2D eigenvalue weighted by Crippen LogP contribution is 2.18. The molecule has 5 nitrogen and oxygen atoms in total. The molecule has 0 spiro atoms. The van der Waals surface area contributed by atoms with Crippen LogP contribution in [0.4, 0.5) is 0 Å². The highest BCUT2D eigenvalue weighted by molar-refractivity contribution is 5.91. The second kappa shape index (κ2) is 16.5. The maximum absolute atomic E-state index is 12.1. The summed E-state index contributed by atoms with van der Waals surface area (Å²) in [5, 5.41) is 0. The maximum atomic E-state index is 12.1. The molecule has 0 saturated heterocycles. The number of ether oxygens (including phenoxy) is 3. The zero-order chi connectivity index (χ0) is 24.4. The van der Waals surface area contributed by atoms with Crippen LogP contribution in [0.25, 0.3) is 6.08 Å². The molecule has 0 aromatic heterocycles. The van der Waals surface area contributed by atoms with Gasteiger partial charge in [0.05, 0.1) is 18.8 Å². The minimum Gasteiger partial charge on any atom is -0.494 e. The molecule has 0 aliphatic rings. The lowest BCUT2D eigenvalue weighted by Crippen LogP contribution is -2.06. The molecule has 2 aromatic rings. The highest BCUT2D eigenvalue weighted by atomic mass is 16.5. The molecule has 0 aliphatic heterocycles. The number of rotatable bonds is 16. The molecule has 0 radical (unpaired) electrons. The van der Waals surface area contributed by atoms with Crippen molar-refractivity contribution in [3.8, 4) is 11.5 Å². The van der Waals surface area contributed by atoms with Crippen molar-refractivity contribution < 1.29 is 23.8 Å². The van der Waals surface area contributed by atoms with E-state index in [9.17, 15) is 9.59 Å². The number of benzene rings is 2. The Labute approximate surface area is 204 Å². The molecule has 0 N–H and O–H groups in total. The van der Waals surface area contributed by atoms with Crippen LogP contribution in [0.3, 0.4) is 0 Å². The van der Waals surface area contributed by atoms with Crippen molar-refractivity contribution in [2.24, 2.45) is 0 Å². The second-order valence-electron chi connectivity index (χ2n) is 8.31. The quantitative estimate of drug-likeness (QED) is 0.112. The van der Waals surface area contributed by atoms with Crippen LogP contribution in [-0.4, -0.2) is 25.2 Å². The Balaban J connectivity index is 1.72. The van der Waals surface area contributed by atoms with Crippen molar-refractivity contribution >= 4 is 18.0 Å². The summed E-state index contributed by atoms with van der Waals surface area (Å²) in [5.41, 5.74) is 1.29. The molecule has 2 aromatic carbocycles. The average molecular weight is 467 g/mol. The Bertz CT molecular complexity index is 868. The number of hydrogen-bond acceptors (Lipinski definition) is 5. The molecule has 0 fully saturated rings. The third-order valence-corrected chi connectivity index (χ3v) is 5.35. The van der Waals surface area contributed by atoms with E-state index in [1.54, 1.807) is 54.6 Å². The molecule has 0 bridgehead atoms. The van der Waals surface area contributed by atoms with Gasteiger partial charge in [-0.15, -0.1) is 0 Å². The molecule has 0 atom stereocenters. The summed E-state index contributed by atoms with van der Waals surface area (Å²) in [5.74, 6) is 0.432. The zero-order valence-electron chi connectivity index (χ0n) is 20.6. The van der Waals surface area contributed by atoms with Crippen molar-refractivity contribution in [3.63, 3.8) is 0 Å². The lowest BCUT2D eigenvalue weighted by molar-refractivity contribution is -0.128. The molecule has 0 amide bonds. The fourth-order valence-corrected chi connectivity index (χ4v) is 3.32. The van der Waals surface area contributed by atoms with Gasteiger partial charge in [-0.25, -0.2) is 9.59 Å². The van der Waals surface area contributed by atoms with E-state index in [1.165, 1.54) is 44.6 Å². The number of unbranched alkanes of at least 4 members (excludes halogenated alkanes) is 7. The molecule has 184 valence electrons. The number of carbonyl (C=O) groups is 2. The van der Waals surface area contributed by atoms with E-state index in [2.05, 4.69) is 13.8 Å². The third-order valence-electron chi connectivity index (χ3n) is 5.35. The summed E-state index contributed by atoms with van der Waals surface area (Å²) < 4.78 is 16.4. The molecule has 0 heterocycles. The topological polar surface area (TPSA) is 61.8 Å². The van der Waals surface area contributed by atoms with Crippen LogP contribution in [-0.2, 0) is 9.53 Å². The standard InChI is InChI=1S/C29H38O5/c1-3-5-7-9-11-23-33-29(31)25-15-12-24(13-16-25)14-21-28(30)34-27-19-17-26(18-20-27)32-22-10-8-6-4-2/h12-21H,3-11,22-23H2,1-2H3/b21-14+. The van der Waals surface area contributed by atoms with Crippen molar-refractivity contribution in [2.75, 3.05) is 13.2 Å². The third kappa shape index (κ3) is 11.2. The Hall–Kier alpha value is -3.08. The predicted octanol–water partition coefficient (Wildman–Crippen LogP) is 7.39. The number of carbonyl (C=O) groups excluding carboxylic acids is 2. The van der Waals surface area contributed by atoms with E-state index < -0.39 is 5.97 Å². The van der Waals surface area contributed by atoms with Crippen LogP contribution in [0.1, 0.15) is 87.6 Å². The van der Waals surface area contributed by atoms with Gasteiger partial charge >= 0.3 is 11.9 Å². The van der Waals surface area contributed by atoms with Gasteiger partial charge in [-0.05, 0) is 60.9 Å². The SMILES string of the molecule is CCCCCCCOC(=O)c1ccc(/C=C/C(=O)Oc2ccc(OCCCCCC)cc2)cc1. The fraction of sp³-hybridized carbons (Fsp3) is 0.448. The maximum Gasteiger partial charge on any atom is 0.338 e. The van der Waals surface area contributed by atoms with Crippen LogP contribution < -0.4 is 9.47 Å². The van der Waals surface area contributed by atoms with E-state index in [0.29, 0.717) is 24.5 Å². The first-order valence-corrected chi connectivity index (χ1v) is 12.5. The molecule has 5 heteroatoms. The van der Waals surface area contributed by atoms with Crippen LogP contribution in [0, 0.1) is 0 Å². The van der Waals surface area contributed by atoms with Crippen molar-refractivity contribution in [3.05, 3.63) is 65.7 Å². The molecule has 0 aliphatic carbocycles. The summed E-state index contributed by atoms with van der Waals surface area (Å²) in [6, 6.07) is 14.0. The molecule has 34 heavy (non-hydrogen) atoms. The Morgan fingerprint density at radius 2 is 1.29 bits per heavy atom. The molecule has 0 saturated carbocycles. The summed E-state index contributed by atoms with van der Waals surface area (Å²) in [6.45, 7) is 5.49. The second-order valence-corrected chi connectivity index (χ2v) is 8.31. The average Bonchev–Trinajstić information content (AvgIpc) is 2.86. The summed E-state index contributed by atoms with van der Waals surface area (Å²) in [6.07, 6.45) is 13.2. The van der Waals surface area contributed by atoms with Gasteiger partial charge in [0.25, 0.3) is 0 Å². The van der Waals surface area contributed by atoms with Crippen molar-refractivity contribution in [2.45, 2.75) is 71.6 Å². The van der Waals surface area contributed by atoms with E-state index in [-0.39, 0.29) is 5.97 Å². The van der Waals surface area contributed by atoms with E-state index >= 15 is 0 Å². The minimum atomic E-state index is -0.472. The van der Waals surface area contributed by atoms with Gasteiger partial charge in [0.2, 0.25) is 0 Å². The first-order chi connectivity index (χ1) is 16.6.